The monoisotopic (exact) mass is 279 g/mol. The highest BCUT2D eigenvalue weighted by Crippen LogP contribution is 2.23. The number of hydrogen-bond donors (Lipinski definition) is 1. The highest BCUT2D eigenvalue weighted by atomic mass is 32.1. The Hall–Kier alpha value is -1.24. The van der Waals surface area contributed by atoms with Crippen molar-refractivity contribution in [3.8, 4) is 0 Å². The van der Waals surface area contributed by atoms with E-state index in [4.69, 9.17) is 15.0 Å². The van der Waals surface area contributed by atoms with Gasteiger partial charge in [0.2, 0.25) is 5.89 Å². The first-order valence-electron chi connectivity index (χ1n) is 6.56. The first-order chi connectivity index (χ1) is 9.33. The summed E-state index contributed by atoms with van der Waals surface area (Å²) in [5.74, 6) is 1.17. The van der Waals surface area contributed by atoms with Gasteiger partial charge in [0.25, 0.3) is 0 Å². The van der Waals surface area contributed by atoms with E-state index in [1.165, 1.54) is 6.42 Å². The molecule has 6 heteroatoms. The Kier molecular flexibility index (Phi) is 3.91. The van der Waals surface area contributed by atoms with Crippen molar-refractivity contribution >= 4 is 11.3 Å². The van der Waals surface area contributed by atoms with Crippen molar-refractivity contribution in [1.82, 2.24) is 10.1 Å². The molecule has 3 rings (SSSR count). The summed E-state index contributed by atoms with van der Waals surface area (Å²) in [4.78, 5) is 5.42. The summed E-state index contributed by atoms with van der Waals surface area (Å²) in [7, 11) is 0. The van der Waals surface area contributed by atoms with Gasteiger partial charge >= 0.3 is 0 Å². The molecule has 2 aromatic rings. The summed E-state index contributed by atoms with van der Waals surface area (Å²) in [5.41, 5.74) is 6.09. The fraction of sp³-hybridized carbons (Fsp3) is 0.538. The summed E-state index contributed by atoms with van der Waals surface area (Å²) in [6.45, 7) is 0.837. The third-order valence-electron chi connectivity index (χ3n) is 3.28. The van der Waals surface area contributed by atoms with E-state index in [1.54, 1.807) is 11.3 Å². The van der Waals surface area contributed by atoms with Gasteiger partial charge in [-0.2, -0.15) is 4.98 Å². The van der Waals surface area contributed by atoms with Crippen LogP contribution in [-0.2, 0) is 11.2 Å². The molecule has 0 amide bonds. The molecule has 0 aliphatic carbocycles. The van der Waals surface area contributed by atoms with Crippen LogP contribution in [0.4, 0.5) is 0 Å². The standard InChI is InChI=1S/C13H17N3O2S/c14-12(10-5-3-7-19-10)13-15-11(16-18-13)8-9-4-1-2-6-17-9/h3,5,7,9,12H,1-2,4,6,8,14H2. The molecule has 102 valence electrons. The summed E-state index contributed by atoms with van der Waals surface area (Å²) >= 11 is 1.59. The number of nitrogens with two attached hydrogens (primary N) is 1. The van der Waals surface area contributed by atoms with Crippen molar-refractivity contribution in [2.24, 2.45) is 5.73 Å². The summed E-state index contributed by atoms with van der Waals surface area (Å²) in [6, 6.07) is 3.62. The minimum atomic E-state index is -0.325. The van der Waals surface area contributed by atoms with Gasteiger partial charge < -0.3 is 15.0 Å². The van der Waals surface area contributed by atoms with Crippen LogP contribution in [0, 0.1) is 0 Å². The highest BCUT2D eigenvalue weighted by Gasteiger charge is 2.21. The molecule has 5 nitrogen and oxygen atoms in total. The fourth-order valence-electron chi connectivity index (χ4n) is 2.24. The molecule has 3 heterocycles. The van der Waals surface area contributed by atoms with E-state index in [0.29, 0.717) is 18.1 Å². The van der Waals surface area contributed by atoms with Crippen molar-refractivity contribution in [2.45, 2.75) is 37.8 Å². The van der Waals surface area contributed by atoms with E-state index in [0.717, 1.165) is 24.3 Å². The van der Waals surface area contributed by atoms with E-state index in [-0.39, 0.29) is 12.1 Å². The molecule has 0 aromatic carbocycles. The molecule has 0 bridgehead atoms. The second-order valence-corrected chi connectivity index (χ2v) is 5.71. The molecular weight excluding hydrogens is 262 g/mol. The third kappa shape index (κ3) is 3.02. The number of ether oxygens (including phenoxy) is 1. The minimum Gasteiger partial charge on any atom is -0.378 e. The Balaban J connectivity index is 1.65. The van der Waals surface area contributed by atoms with Crippen LogP contribution in [-0.4, -0.2) is 22.9 Å². The average molecular weight is 279 g/mol. The van der Waals surface area contributed by atoms with Crippen LogP contribution in [0.5, 0.6) is 0 Å². The zero-order chi connectivity index (χ0) is 13.1. The van der Waals surface area contributed by atoms with Crippen LogP contribution in [0.25, 0.3) is 0 Å². The Morgan fingerprint density at radius 3 is 3.16 bits per heavy atom. The Bertz CT molecular complexity index is 506. The maximum Gasteiger partial charge on any atom is 0.248 e. The number of aromatic nitrogens is 2. The van der Waals surface area contributed by atoms with Gasteiger partial charge in [0.1, 0.15) is 6.04 Å². The molecule has 2 atom stereocenters. The molecule has 1 aliphatic rings. The molecule has 0 saturated carbocycles. The molecule has 0 radical (unpaired) electrons. The van der Waals surface area contributed by atoms with Crippen LogP contribution in [0.2, 0.25) is 0 Å². The van der Waals surface area contributed by atoms with Crippen molar-refractivity contribution < 1.29 is 9.26 Å². The van der Waals surface area contributed by atoms with E-state index in [2.05, 4.69) is 10.1 Å². The van der Waals surface area contributed by atoms with Gasteiger partial charge in [0.15, 0.2) is 5.82 Å². The zero-order valence-electron chi connectivity index (χ0n) is 10.6. The first-order valence-corrected chi connectivity index (χ1v) is 7.44. The molecule has 1 saturated heterocycles. The minimum absolute atomic E-state index is 0.220. The van der Waals surface area contributed by atoms with Crippen LogP contribution in [0.3, 0.4) is 0 Å². The predicted molar refractivity (Wildman–Crippen MR) is 71.9 cm³/mol. The van der Waals surface area contributed by atoms with Crippen molar-refractivity contribution in [3.05, 3.63) is 34.1 Å². The topological polar surface area (TPSA) is 74.2 Å². The van der Waals surface area contributed by atoms with Gasteiger partial charge in [-0.25, -0.2) is 0 Å². The Labute approximate surface area is 115 Å². The van der Waals surface area contributed by atoms with E-state index >= 15 is 0 Å². The first kappa shape index (κ1) is 12.8. The van der Waals surface area contributed by atoms with Gasteiger partial charge in [0.05, 0.1) is 6.10 Å². The third-order valence-corrected chi connectivity index (χ3v) is 4.24. The van der Waals surface area contributed by atoms with Crippen molar-refractivity contribution in [2.75, 3.05) is 6.61 Å². The maximum absolute atomic E-state index is 6.09. The number of hydrogen-bond acceptors (Lipinski definition) is 6. The molecule has 1 fully saturated rings. The average Bonchev–Trinajstić information content (AvgIpc) is 3.10. The molecule has 1 aliphatic heterocycles. The predicted octanol–water partition coefficient (Wildman–Crippen LogP) is 2.29. The Morgan fingerprint density at radius 1 is 1.47 bits per heavy atom. The van der Waals surface area contributed by atoms with Gasteiger partial charge in [-0.15, -0.1) is 11.3 Å². The van der Waals surface area contributed by atoms with E-state index in [9.17, 15) is 0 Å². The SMILES string of the molecule is NC(c1nc(CC2CCCCO2)no1)c1cccs1. The van der Waals surface area contributed by atoms with E-state index < -0.39 is 0 Å². The smallest absolute Gasteiger partial charge is 0.248 e. The van der Waals surface area contributed by atoms with E-state index in [1.807, 2.05) is 17.5 Å². The van der Waals surface area contributed by atoms with Crippen molar-refractivity contribution in [3.63, 3.8) is 0 Å². The molecule has 0 spiro atoms. The lowest BCUT2D eigenvalue weighted by Crippen LogP contribution is -2.22. The summed E-state index contributed by atoms with van der Waals surface area (Å²) < 4.78 is 10.9. The fourth-order valence-corrected chi connectivity index (χ4v) is 2.96. The van der Waals surface area contributed by atoms with Crippen LogP contribution >= 0.6 is 11.3 Å². The number of thiophene rings is 1. The van der Waals surface area contributed by atoms with Gasteiger partial charge in [-0.1, -0.05) is 11.2 Å². The highest BCUT2D eigenvalue weighted by molar-refractivity contribution is 7.10. The Morgan fingerprint density at radius 2 is 2.42 bits per heavy atom. The molecular formula is C13H17N3O2S. The number of nitrogens with zero attached hydrogens (tertiary/aromatic N) is 2. The lowest BCUT2D eigenvalue weighted by Gasteiger charge is -2.20. The van der Waals surface area contributed by atoms with Crippen molar-refractivity contribution in [1.29, 1.82) is 0 Å². The summed E-state index contributed by atoms with van der Waals surface area (Å²) in [6.07, 6.45) is 4.36. The van der Waals surface area contributed by atoms with Gasteiger partial charge in [-0.3, -0.25) is 0 Å². The normalized spacial score (nSPS) is 21.4. The number of rotatable bonds is 4. The molecule has 2 unspecified atom stereocenters. The second-order valence-electron chi connectivity index (χ2n) is 4.73. The van der Waals surface area contributed by atoms with Crippen LogP contribution < -0.4 is 5.73 Å². The molecule has 2 aromatic heterocycles. The molecule has 19 heavy (non-hydrogen) atoms. The largest absolute Gasteiger partial charge is 0.378 e. The quantitative estimate of drug-likeness (QED) is 0.929. The second kappa shape index (κ2) is 5.81. The lowest BCUT2D eigenvalue weighted by atomic mass is 10.1. The van der Waals surface area contributed by atoms with Gasteiger partial charge in [0, 0.05) is 17.9 Å². The maximum atomic E-state index is 6.09. The van der Waals surface area contributed by atoms with Crippen LogP contribution in [0.1, 0.15) is 41.9 Å². The lowest BCUT2D eigenvalue weighted by molar-refractivity contribution is 0.0153. The zero-order valence-corrected chi connectivity index (χ0v) is 11.4. The molecule has 2 N–H and O–H groups in total. The van der Waals surface area contributed by atoms with Crippen LogP contribution in [0.15, 0.2) is 22.0 Å². The van der Waals surface area contributed by atoms with Gasteiger partial charge in [-0.05, 0) is 30.7 Å². The summed E-state index contributed by atoms with van der Waals surface area (Å²) in [5, 5.41) is 5.99.